The van der Waals surface area contributed by atoms with E-state index >= 15 is 0 Å². The molecule has 27 heavy (non-hydrogen) atoms. The highest BCUT2D eigenvalue weighted by Gasteiger charge is 2.34. The number of nitrogens with one attached hydrogen (secondary N) is 1. The van der Waals surface area contributed by atoms with Crippen LogP contribution in [0, 0.1) is 6.92 Å². The van der Waals surface area contributed by atoms with Crippen LogP contribution in [-0.2, 0) is 14.8 Å². The van der Waals surface area contributed by atoms with Gasteiger partial charge in [-0.1, -0.05) is 18.6 Å². The van der Waals surface area contributed by atoms with E-state index in [1.54, 1.807) is 18.3 Å². The summed E-state index contributed by atoms with van der Waals surface area (Å²) in [6, 6.07) is 6.90. The van der Waals surface area contributed by atoms with E-state index in [1.165, 1.54) is 4.31 Å². The van der Waals surface area contributed by atoms with Crippen LogP contribution >= 0.6 is 0 Å². The molecule has 3 N–H and O–H groups in total. The molecule has 1 unspecified atom stereocenters. The van der Waals surface area contributed by atoms with E-state index in [0.29, 0.717) is 18.6 Å². The Bertz CT molecular complexity index is 930. The van der Waals surface area contributed by atoms with E-state index in [-0.39, 0.29) is 29.8 Å². The van der Waals surface area contributed by atoms with Crippen LogP contribution in [0.3, 0.4) is 0 Å². The summed E-state index contributed by atoms with van der Waals surface area (Å²) in [7, 11) is -3.72. The van der Waals surface area contributed by atoms with E-state index in [0.717, 1.165) is 30.2 Å². The Hall–Kier alpha value is -2.03. The fourth-order valence-corrected chi connectivity index (χ4v) is 5.38. The number of benzene rings is 1. The number of aromatic nitrogens is 1. The van der Waals surface area contributed by atoms with E-state index in [1.807, 2.05) is 19.1 Å². The standard InChI is InChI=1S/C19H26N4O3S/c1-14-11-15-5-4-7-17(19(15)22-12-14)27(25,26)23-10-3-2-6-16(23)13-21-18(24)8-9-20/h4-5,7,11-12,16H,2-3,6,8-10,13,20H2,1H3,(H,21,24). The lowest BCUT2D eigenvalue weighted by Crippen LogP contribution is -2.49. The maximum Gasteiger partial charge on any atom is 0.245 e. The molecule has 0 saturated carbocycles. The minimum absolute atomic E-state index is 0.150. The first-order valence-corrected chi connectivity index (χ1v) is 10.7. The van der Waals surface area contributed by atoms with Crippen molar-refractivity contribution in [3.63, 3.8) is 0 Å². The molecule has 7 nitrogen and oxygen atoms in total. The molecule has 1 saturated heterocycles. The van der Waals surface area contributed by atoms with E-state index in [4.69, 9.17) is 5.73 Å². The largest absolute Gasteiger partial charge is 0.354 e. The summed E-state index contributed by atoms with van der Waals surface area (Å²) in [5.74, 6) is -0.150. The third kappa shape index (κ3) is 4.28. The molecule has 0 aliphatic carbocycles. The molecule has 1 aliphatic heterocycles. The number of nitrogens with two attached hydrogens (primary N) is 1. The summed E-state index contributed by atoms with van der Waals surface area (Å²) in [5, 5.41) is 3.62. The van der Waals surface area contributed by atoms with Crippen molar-refractivity contribution in [3.05, 3.63) is 36.0 Å². The Morgan fingerprint density at radius 1 is 1.37 bits per heavy atom. The van der Waals surface area contributed by atoms with Gasteiger partial charge in [-0.05, 0) is 37.5 Å². The predicted octanol–water partition coefficient (Wildman–Crippen LogP) is 1.55. The average Bonchev–Trinajstić information content (AvgIpc) is 2.66. The van der Waals surface area contributed by atoms with Crippen LogP contribution in [0.25, 0.3) is 10.9 Å². The Morgan fingerprint density at radius 3 is 2.96 bits per heavy atom. The third-order valence-corrected chi connectivity index (χ3v) is 6.86. The highest BCUT2D eigenvalue weighted by atomic mass is 32.2. The number of aryl methyl sites for hydroxylation is 1. The van der Waals surface area contributed by atoms with Crippen LogP contribution in [0.15, 0.2) is 35.4 Å². The van der Waals surface area contributed by atoms with Gasteiger partial charge in [0, 0.05) is 43.7 Å². The van der Waals surface area contributed by atoms with E-state index in [2.05, 4.69) is 10.3 Å². The van der Waals surface area contributed by atoms with Crippen molar-refractivity contribution in [1.82, 2.24) is 14.6 Å². The number of hydrogen-bond donors (Lipinski definition) is 2. The molecule has 2 aromatic rings. The number of para-hydroxylation sites is 1. The predicted molar refractivity (Wildman–Crippen MR) is 105 cm³/mol. The molecule has 2 heterocycles. The fourth-order valence-electron chi connectivity index (χ4n) is 3.52. The van der Waals surface area contributed by atoms with Gasteiger partial charge < -0.3 is 11.1 Å². The van der Waals surface area contributed by atoms with Crippen molar-refractivity contribution in [3.8, 4) is 0 Å². The number of hydrogen-bond acceptors (Lipinski definition) is 5. The molecule has 0 spiro atoms. The Labute approximate surface area is 160 Å². The van der Waals surface area contributed by atoms with Gasteiger partial charge in [-0.15, -0.1) is 0 Å². The van der Waals surface area contributed by atoms with Gasteiger partial charge in [0.05, 0.1) is 5.52 Å². The second-order valence-electron chi connectivity index (χ2n) is 6.95. The lowest BCUT2D eigenvalue weighted by atomic mass is 10.1. The number of rotatable bonds is 6. The molecule has 3 rings (SSSR count). The van der Waals surface area contributed by atoms with Crippen LogP contribution in [0.5, 0.6) is 0 Å². The zero-order chi connectivity index (χ0) is 19.4. The van der Waals surface area contributed by atoms with Crippen LogP contribution in [-0.4, -0.2) is 49.3 Å². The summed E-state index contributed by atoms with van der Waals surface area (Å²) < 4.78 is 28.4. The maximum atomic E-state index is 13.4. The zero-order valence-corrected chi connectivity index (χ0v) is 16.3. The fraction of sp³-hybridized carbons (Fsp3) is 0.474. The first kappa shape index (κ1) is 19.7. The van der Waals surface area contributed by atoms with Crippen molar-refractivity contribution in [2.45, 2.75) is 43.5 Å². The molecule has 1 aromatic heterocycles. The van der Waals surface area contributed by atoms with Gasteiger partial charge in [-0.3, -0.25) is 9.78 Å². The van der Waals surface area contributed by atoms with Gasteiger partial charge in [0.1, 0.15) is 4.90 Å². The van der Waals surface area contributed by atoms with E-state index in [9.17, 15) is 13.2 Å². The van der Waals surface area contributed by atoms with Crippen LogP contribution in [0.4, 0.5) is 0 Å². The highest BCUT2D eigenvalue weighted by Crippen LogP contribution is 2.29. The minimum atomic E-state index is -3.72. The Morgan fingerprint density at radius 2 is 2.19 bits per heavy atom. The molecular weight excluding hydrogens is 364 g/mol. The molecule has 1 aromatic carbocycles. The smallest absolute Gasteiger partial charge is 0.245 e. The summed E-state index contributed by atoms with van der Waals surface area (Å²) >= 11 is 0. The summed E-state index contributed by atoms with van der Waals surface area (Å²) in [6.07, 6.45) is 4.40. The highest BCUT2D eigenvalue weighted by molar-refractivity contribution is 7.89. The lowest BCUT2D eigenvalue weighted by Gasteiger charge is -2.35. The van der Waals surface area contributed by atoms with Crippen molar-refractivity contribution < 1.29 is 13.2 Å². The second-order valence-corrected chi connectivity index (χ2v) is 8.81. The second kappa shape index (κ2) is 8.33. The van der Waals surface area contributed by atoms with Gasteiger partial charge in [0.15, 0.2) is 0 Å². The third-order valence-electron chi connectivity index (χ3n) is 4.88. The Balaban J connectivity index is 1.91. The Kier molecular flexibility index (Phi) is 6.08. The average molecular weight is 391 g/mol. The van der Waals surface area contributed by atoms with Crippen molar-refractivity contribution in [1.29, 1.82) is 0 Å². The number of pyridine rings is 1. The zero-order valence-electron chi connectivity index (χ0n) is 15.5. The topological polar surface area (TPSA) is 105 Å². The van der Waals surface area contributed by atoms with E-state index < -0.39 is 10.0 Å². The number of fused-ring (bicyclic) bond motifs is 1. The van der Waals surface area contributed by atoms with Crippen LogP contribution < -0.4 is 11.1 Å². The molecular formula is C19H26N4O3S. The molecule has 0 bridgehead atoms. The maximum absolute atomic E-state index is 13.4. The molecule has 0 radical (unpaired) electrons. The van der Waals surface area contributed by atoms with Gasteiger partial charge in [0.2, 0.25) is 15.9 Å². The summed E-state index contributed by atoms with van der Waals surface area (Å²) in [5.41, 5.74) is 6.87. The number of nitrogens with zero attached hydrogens (tertiary/aromatic N) is 2. The normalized spacial score (nSPS) is 18.5. The van der Waals surface area contributed by atoms with Gasteiger partial charge in [0.25, 0.3) is 0 Å². The quantitative estimate of drug-likeness (QED) is 0.778. The first-order valence-electron chi connectivity index (χ1n) is 9.27. The number of carbonyl (C=O) groups excluding carboxylic acids is 1. The first-order chi connectivity index (χ1) is 12.9. The van der Waals surface area contributed by atoms with Gasteiger partial charge in [-0.2, -0.15) is 4.31 Å². The molecule has 1 atom stereocenters. The summed E-state index contributed by atoms with van der Waals surface area (Å²) in [4.78, 5) is 16.3. The molecule has 146 valence electrons. The van der Waals surface area contributed by atoms with Gasteiger partial charge >= 0.3 is 0 Å². The molecule has 8 heteroatoms. The molecule has 1 fully saturated rings. The number of piperidine rings is 1. The molecule has 1 amide bonds. The monoisotopic (exact) mass is 390 g/mol. The number of carbonyl (C=O) groups is 1. The lowest BCUT2D eigenvalue weighted by molar-refractivity contribution is -0.121. The number of sulfonamides is 1. The summed E-state index contributed by atoms with van der Waals surface area (Å²) in [6.45, 7) is 2.95. The van der Waals surface area contributed by atoms with Crippen molar-refractivity contribution in [2.75, 3.05) is 19.6 Å². The minimum Gasteiger partial charge on any atom is -0.354 e. The molecule has 1 aliphatic rings. The van der Waals surface area contributed by atoms with Crippen LogP contribution in [0.2, 0.25) is 0 Å². The SMILES string of the molecule is Cc1cnc2c(S(=O)(=O)N3CCCCC3CNC(=O)CCN)cccc2c1. The van der Waals surface area contributed by atoms with Gasteiger partial charge in [-0.25, -0.2) is 8.42 Å². The van der Waals surface area contributed by atoms with Crippen LogP contribution in [0.1, 0.15) is 31.2 Å². The van der Waals surface area contributed by atoms with Crippen molar-refractivity contribution >= 4 is 26.8 Å². The number of amides is 1. The van der Waals surface area contributed by atoms with Crippen molar-refractivity contribution in [2.24, 2.45) is 5.73 Å².